The van der Waals surface area contributed by atoms with Gasteiger partial charge in [-0.2, -0.15) is 0 Å². The first kappa shape index (κ1) is 18.7. The van der Waals surface area contributed by atoms with Gasteiger partial charge in [-0.1, -0.05) is 48.5 Å². The number of hydrogen-bond acceptors (Lipinski definition) is 5. The molecule has 146 valence electrons. The second-order valence-corrected chi connectivity index (χ2v) is 7.52. The third-order valence-corrected chi connectivity index (χ3v) is 5.68. The maximum atomic E-state index is 6.19. The van der Waals surface area contributed by atoms with Crippen LogP contribution < -0.4 is 10.5 Å². The molecule has 2 aromatic carbocycles. The molecule has 2 N–H and O–H groups in total. The molecule has 0 bridgehead atoms. The molecule has 2 aromatic rings. The Labute approximate surface area is 166 Å². The number of aliphatic imine (C=N–C) groups is 2. The predicted octanol–water partition coefficient (Wildman–Crippen LogP) is 4.16. The molecule has 0 saturated carbocycles. The summed E-state index contributed by atoms with van der Waals surface area (Å²) >= 11 is 0. The highest BCUT2D eigenvalue weighted by atomic mass is 16.5. The van der Waals surface area contributed by atoms with Crippen LogP contribution in [0.3, 0.4) is 0 Å². The number of nitrogens with two attached hydrogens (primary N) is 1. The largest absolute Gasteiger partial charge is 0.496 e. The molecule has 0 aliphatic carbocycles. The Bertz CT molecular complexity index is 881. The van der Waals surface area contributed by atoms with Gasteiger partial charge in [-0.05, 0) is 31.2 Å². The number of ether oxygens (including phenoxy) is 2. The summed E-state index contributed by atoms with van der Waals surface area (Å²) in [6.07, 6.45) is 2.85. The first-order valence-corrected chi connectivity index (χ1v) is 9.86. The van der Waals surface area contributed by atoms with E-state index in [9.17, 15) is 0 Å². The van der Waals surface area contributed by atoms with Gasteiger partial charge in [0.1, 0.15) is 11.6 Å². The van der Waals surface area contributed by atoms with Crippen LogP contribution in [-0.4, -0.2) is 31.9 Å². The van der Waals surface area contributed by atoms with Gasteiger partial charge in [0, 0.05) is 30.8 Å². The van der Waals surface area contributed by atoms with Crippen LogP contribution >= 0.6 is 0 Å². The number of amidine groups is 1. The lowest BCUT2D eigenvalue weighted by molar-refractivity contribution is 0.0566. The van der Waals surface area contributed by atoms with E-state index in [1.165, 1.54) is 0 Å². The molecule has 1 saturated heterocycles. The zero-order valence-electron chi connectivity index (χ0n) is 16.5. The van der Waals surface area contributed by atoms with Crippen LogP contribution in [-0.2, 0) is 10.4 Å². The SMILES string of the molecule is COc1c(-c2ccccc2)cccc1C1(CC2CCOCC2)N=C(C)C(N)=N1. The number of benzene rings is 2. The molecule has 2 aliphatic rings. The topological polar surface area (TPSA) is 69.2 Å². The normalized spacial score (nSPS) is 22.6. The number of methoxy groups -OCH3 is 1. The zero-order valence-corrected chi connectivity index (χ0v) is 16.5. The molecule has 0 amide bonds. The van der Waals surface area contributed by atoms with Crippen molar-refractivity contribution < 1.29 is 9.47 Å². The van der Waals surface area contributed by atoms with Gasteiger partial charge in [-0.25, -0.2) is 4.99 Å². The lowest BCUT2D eigenvalue weighted by Gasteiger charge is -2.32. The molecule has 0 spiro atoms. The summed E-state index contributed by atoms with van der Waals surface area (Å²) in [6.45, 7) is 3.52. The Morgan fingerprint density at radius 2 is 1.82 bits per heavy atom. The van der Waals surface area contributed by atoms with Crippen LogP contribution in [0.5, 0.6) is 5.75 Å². The second-order valence-electron chi connectivity index (χ2n) is 7.52. The molecule has 1 atom stereocenters. The lowest BCUT2D eigenvalue weighted by Crippen LogP contribution is -2.28. The van der Waals surface area contributed by atoms with Crippen LogP contribution in [0.1, 0.15) is 31.7 Å². The first-order chi connectivity index (χ1) is 13.6. The molecule has 0 radical (unpaired) electrons. The number of para-hydroxylation sites is 1. The van der Waals surface area contributed by atoms with Crippen molar-refractivity contribution in [3.8, 4) is 16.9 Å². The van der Waals surface area contributed by atoms with Crippen molar-refractivity contribution >= 4 is 11.5 Å². The van der Waals surface area contributed by atoms with Gasteiger partial charge in [0.15, 0.2) is 5.66 Å². The summed E-state index contributed by atoms with van der Waals surface area (Å²) < 4.78 is 11.5. The van der Waals surface area contributed by atoms with Crippen molar-refractivity contribution in [1.82, 2.24) is 0 Å². The summed E-state index contributed by atoms with van der Waals surface area (Å²) in [5.41, 5.74) is 9.38. The Balaban J connectivity index is 1.83. The third-order valence-electron chi connectivity index (χ3n) is 5.68. The summed E-state index contributed by atoms with van der Waals surface area (Å²) in [5.74, 6) is 1.82. The number of rotatable bonds is 5. The average Bonchev–Trinajstić information content (AvgIpc) is 3.02. The summed E-state index contributed by atoms with van der Waals surface area (Å²) in [7, 11) is 1.71. The molecule has 4 rings (SSSR count). The van der Waals surface area contributed by atoms with Gasteiger partial charge in [-0.3, -0.25) is 4.99 Å². The summed E-state index contributed by atoms with van der Waals surface area (Å²) in [6, 6.07) is 16.5. The molecule has 1 fully saturated rings. The smallest absolute Gasteiger partial charge is 0.182 e. The van der Waals surface area contributed by atoms with E-state index in [0.29, 0.717) is 11.8 Å². The van der Waals surface area contributed by atoms with Gasteiger partial charge in [-0.15, -0.1) is 0 Å². The fraction of sp³-hybridized carbons (Fsp3) is 0.391. The van der Waals surface area contributed by atoms with Crippen LogP contribution in [0.2, 0.25) is 0 Å². The summed E-state index contributed by atoms with van der Waals surface area (Å²) in [4.78, 5) is 9.85. The molecular formula is C23H27N3O2. The standard InChI is InChI=1S/C23H27N3O2/c1-16-22(24)26-23(25-16,15-17-11-13-28-14-12-17)20-10-6-9-19(21(20)27-2)18-7-4-3-5-8-18/h3-10,17H,11-15H2,1-2H3,(H2,24,26). The molecule has 0 aromatic heterocycles. The fourth-order valence-corrected chi connectivity index (χ4v) is 4.23. The quantitative estimate of drug-likeness (QED) is 0.850. The predicted molar refractivity (Wildman–Crippen MR) is 113 cm³/mol. The Morgan fingerprint density at radius 3 is 2.46 bits per heavy atom. The monoisotopic (exact) mass is 377 g/mol. The van der Waals surface area contributed by atoms with E-state index in [1.807, 2.05) is 25.1 Å². The highest BCUT2D eigenvalue weighted by molar-refractivity contribution is 6.41. The molecule has 2 heterocycles. The van der Waals surface area contributed by atoms with Crippen molar-refractivity contribution in [2.24, 2.45) is 21.6 Å². The maximum Gasteiger partial charge on any atom is 0.182 e. The van der Waals surface area contributed by atoms with E-state index in [-0.39, 0.29) is 0 Å². The van der Waals surface area contributed by atoms with Crippen molar-refractivity contribution in [3.63, 3.8) is 0 Å². The first-order valence-electron chi connectivity index (χ1n) is 9.86. The Hall–Kier alpha value is -2.66. The van der Waals surface area contributed by atoms with Crippen LogP contribution in [0, 0.1) is 5.92 Å². The van der Waals surface area contributed by atoms with Gasteiger partial charge in [0.05, 0.1) is 12.8 Å². The maximum absolute atomic E-state index is 6.19. The van der Waals surface area contributed by atoms with Gasteiger partial charge >= 0.3 is 0 Å². The van der Waals surface area contributed by atoms with E-state index in [1.54, 1.807) is 7.11 Å². The minimum atomic E-state index is -0.730. The van der Waals surface area contributed by atoms with Crippen molar-refractivity contribution in [1.29, 1.82) is 0 Å². The Morgan fingerprint density at radius 1 is 1.07 bits per heavy atom. The van der Waals surface area contributed by atoms with Crippen LogP contribution in [0.4, 0.5) is 0 Å². The molecule has 5 nitrogen and oxygen atoms in total. The number of hydrogen-bond donors (Lipinski definition) is 1. The molecular weight excluding hydrogens is 350 g/mol. The van der Waals surface area contributed by atoms with Gasteiger partial charge in [0.25, 0.3) is 0 Å². The highest BCUT2D eigenvalue weighted by Crippen LogP contribution is 2.46. The lowest BCUT2D eigenvalue weighted by atomic mass is 9.84. The van der Waals surface area contributed by atoms with Crippen molar-refractivity contribution in [2.75, 3.05) is 20.3 Å². The zero-order chi connectivity index (χ0) is 19.6. The van der Waals surface area contributed by atoms with E-state index >= 15 is 0 Å². The fourth-order valence-electron chi connectivity index (χ4n) is 4.23. The summed E-state index contributed by atoms with van der Waals surface area (Å²) in [5, 5.41) is 0. The highest BCUT2D eigenvalue weighted by Gasteiger charge is 2.41. The molecule has 2 aliphatic heterocycles. The third kappa shape index (κ3) is 3.42. The van der Waals surface area contributed by atoms with E-state index in [2.05, 4.69) is 30.3 Å². The van der Waals surface area contributed by atoms with Crippen molar-refractivity contribution in [2.45, 2.75) is 31.8 Å². The van der Waals surface area contributed by atoms with E-state index in [0.717, 1.165) is 60.6 Å². The van der Waals surface area contributed by atoms with E-state index < -0.39 is 5.66 Å². The minimum Gasteiger partial charge on any atom is -0.496 e. The van der Waals surface area contributed by atoms with Crippen LogP contribution in [0.15, 0.2) is 58.5 Å². The minimum absolute atomic E-state index is 0.491. The molecule has 5 heteroatoms. The number of nitrogens with zero attached hydrogens (tertiary/aromatic N) is 2. The van der Waals surface area contributed by atoms with Gasteiger partial charge < -0.3 is 15.2 Å². The Kier molecular flexibility index (Phi) is 5.18. The average molecular weight is 377 g/mol. The van der Waals surface area contributed by atoms with E-state index in [4.69, 9.17) is 25.2 Å². The van der Waals surface area contributed by atoms with Crippen LogP contribution in [0.25, 0.3) is 11.1 Å². The van der Waals surface area contributed by atoms with Gasteiger partial charge in [0.2, 0.25) is 0 Å². The molecule has 1 unspecified atom stereocenters. The molecule has 28 heavy (non-hydrogen) atoms. The van der Waals surface area contributed by atoms with Crippen molar-refractivity contribution in [3.05, 3.63) is 54.1 Å². The second kappa shape index (κ2) is 7.76.